The minimum Gasteiger partial charge on any atom is -0.469 e. The molecule has 0 aliphatic heterocycles. The number of hydrogen-bond acceptors (Lipinski definition) is 5. The molecule has 0 aliphatic carbocycles. The number of thiazole rings is 1. The van der Waals surface area contributed by atoms with Gasteiger partial charge in [0.15, 0.2) is 5.13 Å². The Morgan fingerprint density at radius 3 is 2.68 bits per heavy atom. The highest BCUT2D eigenvalue weighted by Gasteiger charge is 2.17. The minimum atomic E-state index is -0.274. The van der Waals surface area contributed by atoms with Crippen LogP contribution in [0.3, 0.4) is 0 Å². The number of furan rings is 1. The van der Waals surface area contributed by atoms with Gasteiger partial charge in [0.2, 0.25) is 5.91 Å². The van der Waals surface area contributed by atoms with E-state index in [0.29, 0.717) is 22.1 Å². The van der Waals surface area contributed by atoms with Crippen LogP contribution in [0.1, 0.15) is 53.2 Å². The SMILES string of the molecule is CCC[C@H](NC(=O)Cc1csc(NC(=O)c2ccoc2C)n1)c1ccccc1. The fraction of sp³-hybridized carbons (Fsp3) is 0.286. The molecule has 0 aliphatic rings. The van der Waals surface area contributed by atoms with Gasteiger partial charge in [0.1, 0.15) is 5.76 Å². The molecule has 3 aromatic rings. The van der Waals surface area contributed by atoms with Gasteiger partial charge in [0.25, 0.3) is 5.91 Å². The van der Waals surface area contributed by atoms with Gasteiger partial charge in [-0.05, 0) is 25.0 Å². The monoisotopic (exact) mass is 397 g/mol. The van der Waals surface area contributed by atoms with Crippen molar-refractivity contribution in [1.29, 1.82) is 0 Å². The molecule has 2 heterocycles. The number of carbonyl (C=O) groups excluding carboxylic acids is 2. The van der Waals surface area contributed by atoms with E-state index in [0.717, 1.165) is 18.4 Å². The van der Waals surface area contributed by atoms with E-state index in [2.05, 4.69) is 22.5 Å². The molecule has 1 aromatic carbocycles. The number of anilines is 1. The zero-order valence-corrected chi connectivity index (χ0v) is 16.7. The molecule has 2 N–H and O–H groups in total. The first-order valence-corrected chi connectivity index (χ1v) is 10.1. The average Bonchev–Trinajstić information content (AvgIpc) is 3.30. The number of benzene rings is 1. The van der Waals surface area contributed by atoms with Gasteiger partial charge >= 0.3 is 0 Å². The van der Waals surface area contributed by atoms with Gasteiger partial charge < -0.3 is 9.73 Å². The standard InChI is InChI=1S/C21H23N3O3S/c1-3-7-18(15-8-5-4-6-9-15)23-19(25)12-16-13-28-21(22-16)24-20(26)17-10-11-27-14(17)2/h4-6,8-11,13,18H,3,7,12H2,1-2H3,(H,23,25)(H,22,24,26)/t18-/m0/s1. The van der Waals surface area contributed by atoms with Crippen molar-refractivity contribution in [3.05, 3.63) is 70.6 Å². The second kappa shape index (κ2) is 9.32. The average molecular weight is 398 g/mol. The molecule has 3 rings (SSSR count). The maximum atomic E-state index is 12.5. The number of aryl methyl sites for hydroxylation is 1. The third kappa shape index (κ3) is 5.07. The quantitative estimate of drug-likeness (QED) is 0.586. The smallest absolute Gasteiger partial charge is 0.260 e. The number of hydrogen-bond donors (Lipinski definition) is 2. The Labute approximate surface area is 168 Å². The van der Waals surface area contributed by atoms with Crippen molar-refractivity contribution in [1.82, 2.24) is 10.3 Å². The maximum Gasteiger partial charge on any atom is 0.260 e. The molecular weight excluding hydrogens is 374 g/mol. The van der Waals surface area contributed by atoms with Crippen molar-refractivity contribution in [2.45, 2.75) is 39.2 Å². The summed E-state index contributed by atoms with van der Waals surface area (Å²) < 4.78 is 5.14. The topological polar surface area (TPSA) is 84.2 Å². The van der Waals surface area contributed by atoms with Crippen LogP contribution >= 0.6 is 11.3 Å². The second-order valence-corrected chi connectivity index (χ2v) is 7.34. The summed E-state index contributed by atoms with van der Waals surface area (Å²) in [5.41, 5.74) is 2.20. The van der Waals surface area contributed by atoms with E-state index in [1.807, 2.05) is 30.3 Å². The third-order valence-corrected chi connectivity index (χ3v) is 5.14. The molecule has 146 valence electrons. The Morgan fingerprint density at radius 2 is 2.00 bits per heavy atom. The van der Waals surface area contributed by atoms with Gasteiger partial charge in [-0.25, -0.2) is 4.98 Å². The highest BCUT2D eigenvalue weighted by Crippen LogP contribution is 2.20. The summed E-state index contributed by atoms with van der Waals surface area (Å²) in [5.74, 6) is 0.191. The lowest BCUT2D eigenvalue weighted by molar-refractivity contribution is -0.121. The molecule has 0 saturated carbocycles. The summed E-state index contributed by atoms with van der Waals surface area (Å²) >= 11 is 1.29. The molecule has 7 heteroatoms. The molecule has 6 nitrogen and oxygen atoms in total. The Balaban J connectivity index is 1.58. The van der Waals surface area contributed by atoms with Gasteiger partial charge in [-0.15, -0.1) is 11.3 Å². The number of aromatic nitrogens is 1. The first kappa shape index (κ1) is 19.8. The Morgan fingerprint density at radius 1 is 1.21 bits per heavy atom. The van der Waals surface area contributed by atoms with Crippen molar-refractivity contribution in [3.63, 3.8) is 0 Å². The van der Waals surface area contributed by atoms with E-state index in [4.69, 9.17) is 4.42 Å². The predicted molar refractivity (Wildman–Crippen MR) is 109 cm³/mol. The summed E-state index contributed by atoms with van der Waals surface area (Å²) in [7, 11) is 0. The highest BCUT2D eigenvalue weighted by molar-refractivity contribution is 7.14. The second-order valence-electron chi connectivity index (χ2n) is 6.48. The Kier molecular flexibility index (Phi) is 6.60. The lowest BCUT2D eigenvalue weighted by Crippen LogP contribution is -2.29. The van der Waals surface area contributed by atoms with E-state index < -0.39 is 0 Å². The number of amides is 2. The van der Waals surface area contributed by atoms with E-state index in [-0.39, 0.29) is 24.3 Å². The van der Waals surface area contributed by atoms with Crippen molar-refractivity contribution in [2.75, 3.05) is 5.32 Å². The Hall–Kier alpha value is -2.93. The van der Waals surface area contributed by atoms with E-state index in [1.165, 1.54) is 17.6 Å². The van der Waals surface area contributed by atoms with Gasteiger partial charge in [-0.1, -0.05) is 43.7 Å². The summed E-state index contributed by atoms with van der Waals surface area (Å²) in [5, 5.41) is 8.08. The molecule has 28 heavy (non-hydrogen) atoms. The molecule has 0 radical (unpaired) electrons. The fourth-order valence-corrected chi connectivity index (χ4v) is 3.64. The summed E-state index contributed by atoms with van der Waals surface area (Å²) in [6, 6.07) is 11.6. The number of carbonyl (C=O) groups is 2. The maximum absolute atomic E-state index is 12.5. The first-order chi connectivity index (χ1) is 13.6. The van der Waals surface area contributed by atoms with Crippen LogP contribution in [0.5, 0.6) is 0 Å². The fourth-order valence-electron chi connectivity index (χ4n) is 2.94. The van der Waals surface area contributed by atoms with E-state index in [1.54, 1.807) is 18.4 Å². The van der Waals surface area contributed by atoms with Crippen molar-refractivity contribution in [3.8, 4) is 0 Å². The van der Waals surface area contributed by atoms with Crippen LogP contribution in [-0.2, 0) is 11.2 Å². The molecule has 2 amide bonds. The van der Waals surface area contributed by atoms with Crippen LogP contribution in [0.15, 0.2) is 52.5 Å². The summed E-state index contributed by atoms with van der Waals surface area (Å²) in [6.07, 6.45) is 3.49. The lowest BCUT2D eigenvalue weighted by Gasteiger charge is -2.18. The van der Waals surface area contributed by atoms with E-state index >= 15 is 0 Å². The van der Waals surface area contributed by atoms with Crippen LogP contribution in [0.4, 0.5) is 5.13 Å². The summed E-state index contributed by atoms with van der Waals surface area (Å²) in [6.45, 7) is 3.82. The number of nitrogens with one attached hydrogen (secondary N) is 2. The van der Waals surface area contributed by atoms with Gasteiger partial charge in [-0.3, -0.25) is 14.9 Å². The van der Waals surface area contributed by atoms with Crippen LogP contribution in [0, 0.1) is 6.92 Å². The highest BCUT2D eigenvalue weighted by atomic mass is 32.1. The van der Waals surface area contributed by atoms with Crippen molar-refractivity contribution in [2.24, 2.45) is 0 Å². The molecule has 0 saturated heterocycles. The van der Waals surface area contributed by atoms with Crippen LogP contribution in [-0.4, -0.2) is 16.8 Å². The minimum absolute atomic E-state index is 0.0134. The number of nitrogens with zero attached hydrogens (tertiary/aromatic N) is 1. The van der Waals surface area contributed by atoms with Crippen molar-refractivity contribution < 1.29 is 14.0 Å². The largest absolute Gasteiger partial charge is 0.469 e. The van der Waals surface area contributed by atoms with Crippen molar-refractivity contribution >= 4 is 28.3 Å². The molecule has 0 fully saturated rings. The lowest BCUT2D eigenvalue weighted by atomic mass is 10.0. The van der Waals surface area contributed by atoms with Gasteiger partial charge in [-0.2, -0.15) is 0 Å². The predicted octanol–water partition coefficient (Wildman–Crippen LogP) is 4.50. The van der Waals surface area contributed by atoms with Crippen LogP contribution < -0.4 is 10.6 Å². The molecule has 0 spiro atoms. The van der Waals surface area contributed by atoms with Gasteiger partial charge in [0, 0.05) is 5.38 Å². The molecule has 0 bridgehead atoms. The summed E-state index contributed by atoms with van der Waals surface area (Å²) in [4.78, 5) is 29.1. The van der Waals surface area contributed by atoms with Crippen LogP contribution in [0.2, 0.25) is 0 Å². The zero-order chi connectivity index (χ0) is 19.9. The molecule has 0 unspecified atom stereocenters. The zero-order valence-electron chi connectivity index (χ0n) is 15.9. The molecular formula is C21H23N3O3S. The van der Waals surface area contributed by atoms with Crippen LogP contribution in [0.25, 0.3) is 0 Å². The molecule has 2 aromatic heterocycles. The number of rotatable bonds is 8. The van der Waals surface area contributed by atoms with E-state index in [9.17, 15) is 9.59 Å². The Bertz CT molecular complexity index is 933. The van der Waals surface area contributed by atoms with Gasteiger partial charge in [0.05, 0.1) is 30.0 Å². The normalized spacial score (nSPS) is 11.8. The third-order valence-electron chi connectivity index (χ3n) is 4.33. The molecule has 1 atom stereocenters. The first-order valence-electron chi connectivity index (χ1n) is 9.21.